The molecule has 0 radical (unpaired) electrons. The van der Waals surface area contributed by atoms with Crippen LogP contribution in [0.3, 0.4) is 0 Å². The average Bonchev–Trinajstić information content (AvgIpc) is 2.91. The molecule has 1 fully saturated rings. The monoisotopic (exact) mass is 282 g/mol. The number of hydrogen-bond donors (Lipinski definition) is 1. The molecule has 0 aliphatic carbocycles. The van der Waals surface area contributed by atoms with E-state index in [2.05, 4.69) is 5.10 Å². The molecule has 2 rings (SSSR count). The summed E-state index contributed by atoms with van der Waals surface area (Å²) in [5.74, 6) is -0.290. The van der Waals surface area contributed by atoms with Crippen molar-refractivity contribution in [1.82, 2.24) is 9.78 Å². The fourth-order valence-corrected chi connectivity index (χ4v) is 2.75. The molecule has 0 spiro atoms. The van der Waals surface area contributed by atoms with Gasteiger partial charge in [-0.2, -0.15) is 5.10 Å². The van der Waals surface area contributed by atoms with E-state index >= 15 is 0 Å². The maximum atomic E-state index is 11.2. The van der Waals surface area contributed by atoms with E-state index < -0.39 is 10.9 Å². The first-order valence-corrected chi connectivity index (χ1v) is 6.62. The lowest BCUT2D eigenvalue weighted by molar-refractivity contribution is -0.384. The second kappa shape index (κ2) is 5.48. The van der Waals surface area contributed by atoms with Crippen molar-refractivity contribution in [2.24, 2.45) is 5.92 Å². The molecule has 0 aromatic carbocycles. The molecule has 1 aliphatic heterocycles. The van der Waals surface area contributed by atoms with E-state index in [4.69, 9.17) is 5.11 Å². The molecule has 110 valence electrons. The first-order valence-electron chi connectivity index (χ1n) is 6.62. The van der Waals surface area contributed by atoms with E-state index in [0.29, 0.717) is 31.1 Å². The standard InChI is InChI=1S/C12H18N4O4/c1-3-15-12(11(16(19)20)8(2)13-15)14-5-4-9(7-14)6-10(17)18/h9H,3-7H2,1-2H3,(H,17,18). The summed E-state index contributed by atoms with van der Waals surface area (Å²) in [6, 6.07) is 0. The third-order valence-electron chi connectivity index (χ3n) is 3.60. The van der Waals surface area contributed by atoms with E-state index in [0.717, 1.165) is 6.42 Å². The zero-order valence-electron chi connectivity index (χ0n) is 11.6. The van der Waals surface area contributed by atoms with Crippen molar-refractivity contribution < 1.29 is 14.8 Å². The zero-order valence-corrected chi connectivity index (χ0v) is 11.6. The fourth-order valence-electron chi connectivity index (χ4n) is 2.75. The summed E-state index contributed by atoms with van der Waals surface area (Å²) >= 11 is 0. The van der Waals surface area contributed by atoms with Gasteiger partial charge in [-0.3, -0.25) is 14.9 Å². The van der Waals surface area contributed by atoms with E-state index in [1.54, 1.807) is 11.6 Å². The molecule has 1 aliphatic rings. The fraction of sp³-hybridized carbons (Fsp3) is 0.667. The van der Waals surface area contributed by atoms with Crippen LogP contribution in [0.5, 0.6) is 0 Å². The highest BCUT2D eigenvalue weighted by atomic mass is 16.6. The predicted molar refractivity (Wildman–Crippen MR) is 71.9 cm³/mol. The maximum Gasteiger partial charge on any atom is 0.333 e. The number of aryl methyl sites for hydroxylation is 2. The van der Waals surface area contributed by atoms with Gasteiger partial charge in [-0.1, -0.05) is 0 Å². The molecular weight excluding hydrogens is 264 g/mol. The largest absolute Gasteiger partial charge is 0.481 e. The Morgan fingerprint density at radius 1 is 1.60 bits per heavy atom. The number of carbonyl (C=O) groups is 1. The highest BCUT2D eigenvalue weighted by molar-refractivity contribution is 5.68. The zero-order chi connectivity index (χ0) is 14.9. The Balaban J connectivity index is 2.29. The van der Waals surface area contributed by atoms with Gasteiger partial charge in [-0.15, -0.1) is 0 Å². The van der Waals surface area contributed by atoms with Crippen molar-refractivity contribution in [1.29, 1.82) is 0 Å². The minimum Gasteiger partial charge on any atom is -0.481 e. The third-order valence-corrected chi connectivity index (χ3v) is 3.60. The van der Waals surface area contributed by atoms with Crippen LogP contribution in [0.4, 0.5) is 11.5 Å². The summed E-state index contributed by atoms with van der Waals surface area (Å²) in [4.78, 5) is 23.5. The van der Waals surface area contributed by atoms with E-state index in [-0.39, 0.29) is 18.0 Å². The van der Waals surface area contributed by atoms with Crippen molar-refractivity contribution in [2.45, 2.75) is 33.2 Å². The van der Waals surface area contributed by atoms with Crippen LogP contribution in [-0.2, 0) is 11.3 Å². The Morgan fingerprint density at radius 2 is 2.30 bits per heavy atom. The second-order valence-electron chi connectivity index (χ2n) is 5.03. The highest BCUT2D eigenvalue weighted by Gasteiger charge is 2.34. The van der Waals surface area contributed by atoms with Crippen LogP contribution < -0.4 is 4.90 Å². The molecule has 8 heteroatoms. The molecule has 1 N–H and O–H groups in total. The number of rotatable bonds is 5. The molecule has 1 saturated heterocycles. The number of hydrogen-bond acceptors (Lipinski definition) is 5. The molecule has 1 aromatic rings. The van der Waals surface area contributed by atoms with Crippen LogP contribution in [0.15, 0.2) is 0 Å². The molecule has 1 atom stereocenters. The molecule has 0 bridgehead atoms. The quantitative estimate of drug-likeness (QED) is 0.647. The van der Waals surface area contributed by atoms with Gasteiger partial charge in [-0.25, -0.2) is 4.68 Å². The van der Waals surface area contributed by atoms with Crippen molar-refractivity contribution in [3.05, 3.63) is 15.8 Å². The molecule has 2 heterocycles. The van der Waals surface area contributed by atoms with Crippen LogP contribution in [0, 0.1) is 23.0 Å². The number of carboxylic acids is 1. The second-order valence-corrected chi connectivity index (χ2v) is 5.03. The molecule has 1 aromatic heterocycles. The number of nitro groups is 1. The van der Waals surface area contributed by atoms with Crippen LogP contribution in [0.2, 0.25) is 0 Å². The lowest BCUT2D eigenvalue weighted by Gasteiger charge is -2.18. The van der Waals surface area contributed by atoms with E-state index in [9.17, 15) is 14.9 Å². The molecule has 8 nitrogen and oxygen atoms in total. The van der Waals surface area contributed by atoms with E-state index in [1.165, 1.54) is 0 Å². The molecular formula is C12H18N4O4. The Labute approximate surface area is 116 Å². The van der Waals surface area contributed by atoms with Crippen LogP contribution in [-0.4, -0.2) is 38.9 Å². The Kier molecular flexibility index (Phi) is 3.91. The van der Waals surface area contributed by atoms with Crippen LogP contribution in [0.1, 0.15) is 25.5 Å². The Hall–Kier alpha value is -2.12. The first kappa shape index (κ1) is 14.3. The van der Waals surface area contributed by atoms with Gasteiger partial charge < -0.3 is 10.0 Å². The van der Waals surface area contributed by atoms with Crippen molar-refractivity contribution in [3.8, 4) is 0 Å². The van der Waals surface area contributed by atoms with Crippen LogP contribution >= 0.6 is 0 Å². The smallest absolute Gasteiger partial charge is 0.333 e. The third kappa shape index (κ3) is 2.59. The van der Waals surface area contributed by atoms with Gasteiger partial charge in [0.1, 0.15) is 5.69 Å². The Morgan fingerprint density at radius 3 is 2.85 bits per heavy atom. The number of anilines is 1. The Bertz CT molecular complexity index is 540. The summed E-state index contributed by atoms with van der Waals surface area (Å²) in [6.45, 7) is 5.20. The SMILES string of the molecule is CCn1nc(C)c([N+](=O)[O-])c1N1CCC(CC(=O)O)C1. The normalized spacial score (nSPS) is 18.5. The topological polar surface area (TPSA) is 101 Å². The number of carboxylic acid groups (broad SMARTS) is 1. The number of aliphatic carboxylic acids is 1. The van der Waals surface area contributed by atoms with E-state index in [1.807, 2.05) is 11.8 Å². The lowest BCUT2D eigenvalue weighted by Crippen LogP contribution is -2.24. The molecule has 1 unspecified atom stereocenters. The summed E-state index contributed by atoms with van der Waals surface area (Å²) in [5, 5.41) is 24.3. The highest BCUT2D eigenvalue weighted by Crippen LogP contribution is 2.35. The van der Waals surface area contributed by atoms with Gasteiger partial charge in [-0.05, 0) is 26.2 Å². The lowest BCUT2D eigenvalue weighted by atomic mass is 10.1. The number of nitrogens with zero attached hydrogens (tertiary/aromatic N) is 4. The van der Waals surface area contributed by atoms with Gasteiger partial charge in [0.2, 0.25) is 5.82 Å². The predicted octanol–water partition coefficient (Wildman–Crippen LogP) is 1.42. The minimum atomic E-state index is -0.827. The van der Waals surface area contributed by atoms with Gasteiger partial charge in [0, 0.05) is 26.1 Å². The first-order chi connectivity index (χ1) is 9.43. The average molecular weight is 282 g/mol. The molecule has 20 heavy (non-hydrogen) atoms. The number of aromatic nitrogens is 2. The van der Waals surface area contributed by atoms with Crippen molar-refractivity contribution >= 4 is 17.5 Å². The van der Waals surface area contributed by atoms with Gasteiger partial charge in [0.15, 0.2) is 0 Å². The molecule has 0 amide bonds. The summed E-state index contributed by atoms with van der Waals surface area (Å²) < 4.78 is 1.62. The van der Waals surface area contributed by atoms with Crippen molar-refractivity contribution in [3.63, 3.8) is 0 Å². The summed E-state index contributed by atoms with van der Waals surface area (Å²) in [6.07, 6.45) is 0.834. The molecule has 0 saturated carbocycles. The van der Waals surface area contributed by atoms with Gasteiger partial charge in [0.25, 0.3) is 0 Å². The summed E-state index contributed by atoms with van der Waals surface area (Å²) in [7, 11) is 0. The van der Waals surface area contributed by atoms with Gasteiger partial charge >= 0.3 is 11.7 Å². The summed E-state index contributed by atoms with van der Waals surface area (Å²) in [5.41, 5.74) is 0.427. The van der Waals surface area contributed by atoms with Gasteiger partial charge in [0.05, 0.1) is 4.92 Å². The maximum absolute atomic E-state index is 11.2. The van der Waals surface area contributed by atoms with Crippen molar-refractivity contribution in [2.75, 3.05) is 18.0 Å². The minimum absolute atomic E-state index is 0.0304. The van der Waals surface area contributed by atoms with Crippen LogP contribution in [0.25, 0.3) is 0 Å².